The second-order valence-corrected chi connectivity index (χ2v) is 8.04. The molecular weight excluding hydrogens is 394 g/mol. The Balaban J connectivity index is 0.00000240. The summed E-state index contributed by atoms with van der Waals surface area (Å²) in [6.45, 7) is 6.22. The van der Waals surface area contributed by atoms with Gasteiger partial charge in [0, 0.05) is 23.3 Å². The van der Waals surface area contributed by atoms with Gasteiger partial charge in [-0.15, -0.1) is 12.4 Å². The molecule has 1 saturated heterocycles. The second-order valence-electron chi connectivity index (χ2n) is 8.04. The first kappa shape index (κ1) is 21.4. The Kier molecular flexibility index (Phi) is 6.05. The van der Waals surface area contributed by atoms with Crippen LogP contribution in [0.4, 0.5) is 0 Å². The molecule has 0 aromatic heterocycles. The first-order valence-electron chi connectivity index (χ1n) is 9.76. The summed E-state index contributed by atoms with van der Waals surface area (Å²) in [6.07, 6.45) is 3.11. The van der Waals surface area contributed by atoms with E-state index >= 15 is 0 Å². The predicted molar refractivity (Wildman–Crippen MR) is 112 cm³/mol. The highest BCUT2D eigenvalue weighted by Crippen LogP contribution is 2.50. The summed E-state index contributed by atoms with van der Waals surface area (Å²) in [5.74, 6) is 0.475. The van der Waals surface area contributed by atoms with Crippen LogP contribution in [0.2, 0.25) is 0 Å². The van der Waals surface area contributed by atoms with E-state index < -0.39 is 5.97 Å². The number of carbonyl (C=O) groups is 2. The van der Waals surface area contributed by atoms with Gasteiger partial charge in [-0.2, -0.15) is 0 Å². The predicted octanol–water partition coefficient (Wildman–Crippen LogP) is 3.95. The average molecular weight is 420 g/mol. The number of halogens is 1. The van der Waals surface area contributed by atoms with Gasteiger partial charge in [0.2, 0.25) is 0 Å². The maximum Gasteiger partial charge on any atom is 0.328 e. The van der Waals surface area contributed by atoms with Gasteiger partial charge in [0.1, 0.15) is 17.4 Å². The number of carbonyl (C=O) groups excluding carboxylic acids is 2. The summed E-state index contributed by atoms with van der Waals surface area (Å²) in [6, 6.07) is 7.25. The molecule has 0 bridgehead atoms. The molecule has 0 radical (unpaired) electrons. The number of rotatable bonds is 3. The van der Waals surface area contributed by atoms with Crippen molar-refractivity contribution in [1.29, 1.82) is 0 Å². The molecule has 0 saturated carbocycles. The summed E-state index contributed by atoms with van der Waals surface area (Å²) in [5.41, 5.74) is 0.449. The molecule has 2 aromatic rings. The molecule has 156 valence electrons. The molecule has 1 N–H and O–H groups in total. The molecule has 6 nitrogen and oxygen atoms in total. The molecule has 2 aromatic carbocycles. The minimum absolute atomic E-state index is 0. The number of ether oxygens (including phenoxy) is 3. The highest BCUT2D eigenvalue weighted by atomic mass is 35.5. The van der Waals surface area contributed by atoms with E-state index in [-0.39, 0.29) is 30.0 Å². The lowest BCUT2D eigenvalue weighted by atomic mass is 9.91. The lowest BCUT2D eigenvalue weighted by Crippen LogP contribution is -2.35. The van der Waals surface area contributed by atoms with Gasteiger partial charge in [-0.05, 0) is 46.1 Å². The number of hydrogen-bond acceptors (Lipinski definition) is 6. The van der Waals surface area contributed by atoms with Gasteiger partial charge in [0.25, 0.3) is 0 Å². The third kappa shape index (κ3) is 4.19. The van der Waals surface area contributed by atoms with E-state index in [1.165, 1.54) is 6.92 Å². The van der Waals surface area contributed by atoms with Gasteiger partial charge in [-0.25, -0.2) is 4.79 Å². The number of fused-ring (bicyclic) bond motifs is 3. The molecule has 0 aliphatic carbocycles. The maximum absolute atomic E-state index is 12.7. The van der Waals surface area contributed by atoms with E-state index in [2.05, 4.69) is 5.32 Å². The molecule has 1 fully saturated rings. The van der Waals surface area contributed by atoms with Crippen molar-refractivity contribution in [3.63, 3.8) is 0 Å². The quantitative estimate of drug-likeness (QED) is 0.599. The van der Waals surface area contributed by atoms with Crippen LogP contribution < -0.4 is 19.5 Å². The number of esters is 2. The third-order valence-corrected chi connectivity index (χ3v) is 5.32. The van der Waals surface area contributed by atoms with Crippen molar-refractivity contribution in [2.24, 2.45) is 0 Å². The normalized spacial score (nSPS) is 19.6. The summed E-state index contributed by atoms with van der Waals surface area (Å²) in [7, 11) is 0. The van der Waals surface area contributed by atoms with Crippen molar-refractivity contribution >= 4 is 35.1 Å². The Morgan fingerprint density at radius 3 is 2.52 bits per heavy atom. The Morgan fingerprint density at radius 2 is 1.86 bits per heavy atom. The van der Waals surface area contributed by atoms with Crippen LogP contribution in [0.5, 0.6) is 17.2 Å². The molecule has 7 heteroatoms. The SMILES string of the molecule is CC(=O)Oc1c2c(c3ccccc3c1OC(=O)[C@@H]1CCCN1)OC(C)(C)CC2.Cl. The Morgan fingerprint density at radius 1 is 1.14 bits per heavy atom. The van der Waals surface area contributed by atoms with Crippen LogP contribution in [-0.2, 0) is 16.0 Å². The van der Waals surface area contributed by atoms with E-state index in [0.29, 0.717) is 29.1 Å². The van der Waals surface area contributed by atoms with Crippen LogP contribution in [-0.4, -0.2) is 30.1 Å². The van der Waals surface area contributed by atoms with Crippen LogP contribution in [0.1, 0.15) is 45.6 Å². The third-order valence-electron chi connectivity index (χ3n) is 5.32. The van der Waals surface area contributed by atoms with Gasteiger partial charge in [0.05, 0.1) is 0 Å². The van der Waals surface area contributed by atoms with Crippen LogP contribution >= 0.6 is 12.4 Å². The molecule has 2 aliphatic heterocycles. The van der Waals surface area contributed by atoms with E-state index in [4.69, 9.17) is 14.2 Å². The second kappa shape index (κ2) is 8.20. The van der Waals surface area contributed by atoms with Gasteiger partial charge in [0.15, 0.2) is 11.5 Å². The zero-order chi connectivity index (χ0) is 19.9. The highest BCUT2D eigenvalue weighted by Gasteiger charge is 2.34. The molecule has 0 amide bonds. The Hall–Kier alpha value is -2.31. The lowest BCUT2D eigenvalue weighted by molar-refractivity contribution is -0.137. The molecule has 2 heterocycles. The van der Waals surface area contributed by atoms with E-state index in [9.17, 15) is 9.59 Å². The number of hydrogen-bond donors (Lipinski definition) is 1. The van der Waals surface area contributed by atoms with Crippen molar-refractivity contribution in [2.45, 2.75) is 58.1 Å². The number of benzene rings is 2. The number of nitrogens with one attached hydrogen (secondary N) is 1. The van der Waals surface area contributed by atoms with Gasteiger partial charge in [-0.3, -0.25) is 4.79 Å². The first-order valence-corrected chi connectivity index (χ1v) is 9.76. The van der Waals surface area contributed by atoms with Crippen LogP contribution in [0.3, 0.4) is 0 Å². The fraction of sp³-hybridized carbons (Fsp3) is 0.455. The van der Waals surface area contributed by atoms with Gasteiger partial charge >= 0.3 is 11.9 Å². The Bertz CT molecular complexity index is 950. The summed E-state index contributed by atoms with van der Waals surface area (Å²) >= 11 is 0. The van der Waals surface area contributed by atoms with Crippen molar-refractivity contribution in [2.75, 3.05) is 6.54 Å². The molecule has 2 aliphatic rings. The minimum atomic E-state index is -0.460. The molecule has 1 atom stereocenters. The zero-order valence-electron chi connectivity index (χ0n) is 16.9. The summed E-state index contributed by atoms with van der Waals surface area (Å²) < 4.78 is 17.7. The monoisotopic (exact) mass is 419 g/mol. The zero-order valence-corrected chi connectivity index (χ0v) is 17.7. The van der Waals surface area contributed by atoms with Crippen molar-refractivity contribution in [1.82, 2.24) is 5.32 Å². The standard InChI is InChI=1S/C22H25NO5.ClH/c1-13(24)26-20-16-10-11-22(2,3)28-18(16)14-7-4-5-8-15(14)19(20)27-21(25)17-9-6-12-23-17;/h4-5,7-8,17,23H,6,9-12H2,1-3H3;1H/t17-;/m0./s1. The first-order chi connectivity index (χ1) is 13.4. The topological polar surface area (TPSA) is 73.9 Å². The minimum Gasteiger partial charge on any atom is -0.487 e. The van der Waals surface area contributed by atoms with E-state index in [0.717, 1.165) is 36.8 Å². The lowest BCUT2D eigenvalue weighted by Gasteiger charge is -2.34. The molecule has 0 unspecified atom stereocenters. The molecule has 4 rings (SSSR count). The Labute approximate surface area is 176 Å². The summed E-state index contributed by atoms with van der Waals surface area (Å²) in [4.78, 5) is 24.6. The highest BCUT2D eigenvalue weighted by molar-refractivity contribution is 6.00. The van der Waals surface area contributed by atoms with Gasteiger partial charge < -0.3 is 19.5 Å². The maximum atomic E-state index is 12.7. The fourth-order valence-electron chi connectivity index (χ4n) is 3.91. The molecule has 29 heavy (non-hydrogen) atoms. The van der Waals surface area contributed by atoms with Crippen molar-refractivity contribution in [3.8, 4) is 17.2 Å². The van der Waals surface area contributed by atoms with Crippen molar-refractivity contribution in [3.05, 3.63) is 29.8 Å². The smallest absolute Gasteiger partial charge is 0.328 e. The molecule has 0 spiro atoms. The molecular formula is C22H26ClNO5. The van der Waals surface area contributed by atoms with Crippen LogP contribution in [0.25, 0.3) is 10.8 Å². The fourth-order valence-corrected chi connectivity index (χ4v) is 3.91. The van der Waals surface area contributed by atoms with Crippen LogP contribution in [0.15, 0.2) is 24.3 Å². The van der Waals surface area contributed by atoms with Gasteiger partial charge in [-0.1, -0.05) is 24.3 Å². The van der Waals surface area contributed by atoms with Crippen molar-refractivity contribution < 1.29 is 23.8 Å². The van der Waals surface area contributed by atoms with Crippen LogP contribution in [0, 0.1) is 0 Å². The average Bonchev–Trinajstić information content (AvgIpc) is 3.18. The van der Waals surface area contributed by atoms with E-state index in [1.807, 2.05) is 38.1 Å². The van der Waals surface area contributed by atoms with E-state index in [1.54, 1.807) is 0 Å². The largest absolute Gasteiger partial charge is 0.487 e. The summed E-state index contributed by atoms with van der Waals surface area (Å²) in [5, 5.41) is 4.70.